The Morgan fingerprint density at radius 1 is 1.44 bits per heavy atom. The first-order valence-electron chi connectivity index (χ1n) is 6.71. The molecule has 1 fully saturated rings. The van der Waals surface area contributed by atoms with Gasteiger partial charge in [-0.25, -0.2) is 0 Å². The SMILES string of the molecule is CC[C@@H](N)c1ccc(N2CCC(C)(O)CC2)cn1. The second kappa shape index (κ2) is 5.24. The average Bonchev–Trinajstić information content (AvgIpc) is 2.38. The molecule has 0 spiro atoms. The number of anilines is 1. The predicted molar refractivity (Wildman–Crippen MR) is 73.5 cm³/mol. The highest BCUT2D eigenvalue weighted by atomic mass is 16.3. The highest BCUT2D eigenvalue weighted by Crippen LogP contribution is 2.25. The van der Waals surface area contributed by atoms with E-state index in [1.807, 2.05) is 19.2 Å². The Kier molecular flexibility index (Phi) is 3.88. The van der Waals surface area contributed by atoms with Crippen molar-refractivity contribution in [1.29, 1.82) is 0 Å². The minimum Gasteiger partial charge on any atom is -0.390 e. The Hall–Kier alpha value is -1.13. The Labute approximate surface area is 109 Å². The predicted octanol–water partition coefficient (Wildman–Crippen LogP) is 1.84. The van der Waals surface area contributed by atoms with Gasteiger partial charge in [0.15, 0.2) is 0 Å². The first-order valence-corrected chi connectivity index (χ1v) is 6.71. The van der Waals surface area contributed by atoms with Gasteiger partial charge in [-0.15, -0.1) is 0 Å². The summed E-state index contributed by atoms with van der Waals surface area (Å²) in [5.41, 5.74) is 7.52. The van der Waals surface area contributed by atoms with Crippen molar-refractivity contribution >= 4 is 5.69 Å². The number of piperidine rings is 1. The highest BCUT2D eigenvalue weighted by molar-refractivity contribution is 5.45. The summed E-state index contributed by atoms with van der Waals surface area (Å²) in [5.74, 6) is 0. The summed E-state index contributed by atoms with van der Waals surface area (Å²) in [6.45, 7) is 5.74. The van der Waals surface area contributed by atoms with Gasteiger partial charge in [-0.05, 0) is 38.3 Å². The quantitative estimate of drug-likeness (QED) is 0.858. The van der Waals surface area contributed by atoms with Crippen LogP contribution in [-0.2, 0) is 0 Å². The van der Waals surface area contributed by atoms with E-state index in [1.54, 1.807) is 0 Å². The minimum absolute atomic E-state index is 0.0288. The molecule has 18 heavy (non-hydrogen) atoms. The third-order valence-corrected chi connectivity index (χ3v) is 3.80. The third kappa shape index (κ3) is 3.00. The molecule has 1 aliphatic rings. The van der Waals surface area contributed by atoms with Crippen molar-refractivity contribution in [3.8, 4) is 0 Å². The smallest absolute Gasteiger partial charge is 0.0653 e. The molecular weight excluding hydrogens is 226 g/mol. The number of aromatic nitrogens is 1. The van der Waals surface area contributed by atoms with Crippen LogP contribution in [0.1, 0.15) is 44.8 Å². The molecule has 0 bridgehead atoms. The zero-order valence-corrected chi connectivity index (χ0v) is 11.3. The van der Waals surface area contributed by atoms with E-state index in [-0.39, 0.29) is 6.04 Å². The van der Waals surface area contributed by atoms with E-state index in [0.717, 1.165) is 43.7 Å². The number of pyridine rings is 1. The molecule has 2 heterocycles. The van der Waals surface area contributed by atoms with Crippen LogP contribution in [0.2, 0.25) is 0 Å². The Balaban J connectivity index is 2.02. The molecule has 0 radical (unpaired) electrons. The van der Waals surface area contributed by atoms with Gasteiger partial charge in [0.2, 0.25) is 0 Å². The van der Waals surface area contributed by atoms with Gasteiger partial charge in [0.05, 0.1) is 23.2 Å². The Morgan fingerprint density at radius 3 is 2.61 bits per heavy atom. The van der Waals surface area contributed by atoms with Crippen LogP contribution in [0.5, 0.6) is 0 Å². The molecule has 1 aromatic rings. The highest BCUT2D eigenvalue weighted by Gasteiger charge is 2.27. The second-order valence-corrected chi connectivity index (χ2v) is 5.44. The molecule has 1 aliphatic heterocycles. The van der Waals surface area contributed by atoms with Crippen LogP contribution in [0.25, 0.3) is 0 Å². The lowest BCUT2D eigenvalue weighted by Crippen LogP contribution is -2.42. The van der Waals surface area contributed by atoms with Gasteiger partial charge < -0.3 is 15.7 Å². The topological polar surface area (TPSA) is 62.4 Å². The number of rotatable bonds is 3. The largest absolute Gasteiger partial charge is 0.390 e. The van der Waals surface area contributed by atoms with E-state index >= 15 is 0 Å². The molecule has 4 heteroatoms. The minimum atomic E-state index is -0.506. The maximum absolute atomic E-state index is 9.93. The van der Waals surface area contributed by atoms with Crippen molar-refractivity contribution < 1.29 is 5.11 Å². The van der Waals surface area contributed by atoms with Crippen molar-refractivity contribution in [2.24, 2.45) is 5.73 Å². The lowest BCUT2D eigenvalue weighted by Gasteiger charge is -2.37. The third-order valence-electron chi connectivity index (χ3n) is 3.80. The first kappa shape index (κ1) is 13.3. The molecule has 1 atom stereocenters. The molecule has 3 N–H and O–H groups in total. The van der Waals surface area contributed by atoms with Crippen LogP contribution in [0.15, 0.2) is 18.3 Å². The number of nitrogens with zero attached hydrogens (tertiary/aromatic N) is 2. The molecule has 0 saturated carbocycles. The number of hydrogen-bond donors (Lipinski definition) is 2. The molecule has 0 amide bonds. The lowest BCUT2D eigenvalue weighted by atomic mass is 9.93. The van der Waals surface area contributed by atoms with Gasteiger partial charge in [0, 0.05) is 19.1 Å². The molecular formula is C14H23N3O. The van der Waals surface area contributed by atoms with Gasteiger partial charge >= 0.3 is 0 Å². The van der Waals surface area contributed by atoms with Crippen molar-refractivity contribution in [3.63, 3.8) is 0 Å². The van der Waals surface area contributed by atoms with E-state index < -0.39 is 5.60 Å². The van der Waals surface area contributed by atoms with E-state index in [0.29, 0.717) is 0 Å². The Bertz CT molecular complexity index is 379. The zero-order chi connectivity index (χ0) is 13.2. The molecule has 0 unspecified atom stereocenters. The Morgan fingerprint density at radius 2 is 2.11 bits per heavy atom. The van der Waals surface area contributed by atoms with E-state index in [9.17, 15) is 5.11 Å². The average molecular weight is 249 g/mol. The molecule has 0 aliphatic carbocycles. The second-order valence-electron chi connectivity index (χ2n) is 5.44. The maximum atomic E-state index is 9.93. The monoisotopic (exact) mass is 249 g/mol. The van der Waals surface area contributed by atoms with Crippen LogP contribution in [0.4, 0.5) is 5.69 Å². The van der Waals surface area contributed by atoms with Crippen molar-refractivity contribution in [2.45, 2.75) is 44.8 Å². The van der Waals surface area contributed by atoms with Crippen LogP contribution in [-0.4, -0.2) is 28.8 Å². The molecule has 100 valence electrons. The van der Waals surface area contributed by atoms with Crippen LogP contribution in [0.3, 0.4) is 0 Å². The van der Waals surface area contributed by atoms with Gasteiger partial charge in [0.1, 0.15) is 0 Å². The summed E-state index contributed by atoms with van der Waals surface area (Å²) in [6.07, 6.45) is 4.41. The summed E-state index contributed by atoms with van der Waals surface area (Å²) in [4.78, 5) is 6.70. The van der Waals surface area contributed by atoms with Crippen molar-refractivity contribution in [2.75, 3.05) is 18.0 Å². The standard InChI is InChI=1S/C14H23N3O/c1-3-12(15)13-5-4-11(10-16-13)17-8-6-14(2,18)7-9-17/h4-5,10,12,18H,3,6-9,15H2,1-2H3/t12-/m1/s1. The van der Waals surface area contributed by atoms with Crippen LogP contribution >= 0.6 is 0 Å². The normalized spacial score (nSPS) is 20.8. The van der Waals surface area contributed by atoms with Crippen LogP contribution < -0.4 is 10.6 Å². The molecule has 2 rings (SSSR count). The van der Waals surface area contributed by atoms with Gasteiger partial charge in [-0.3, -0.25) is 4.98 Å². The number of aliphatic hydroxyl groups is 1. The van der Waals surface area contributed by atoms with Crippen LogP contribution in [0, 0.1) is 0 Å². The number of hydrogen-bond acceptors (Lipinski definition) is 4. The summed E-state index contributed by atoms with van der Waals surface area (Å²) in [7, 11) is 0. The van der Waals surface area contributed by atoms with Crippen molar-refractivity contribution in [1.82, 2.24) is 4.98 Å². The summed E-state index contributed by atoms with van der Waals surface area (Å²) in [6, 6.07) is 4.12. The fourth-order valence-corrected chi connectivity index (χ4v) is 2.26. The van der Waals surface area contributed by atoms with Gasteiger partial charge in [0.25, 0.3) is 0 Å². The fraction of sp³-hybridized carbons (Fsp3) is 0.643. The summed E-state index contributed by atoms with van der Waals surface area (Å²) >= 11 is 0. The van der Waals surface area contributed by atoms with E-state index in [4.69, 9.17) is 5.73 Å². The zero-order valence-electron chi connectivity index (χ0n) is 11.3. The first-order chi connectivity index (χ1) is 8.52. The molecule has 0 aromatic carbocycles. The summed E-state index contributed by atoms with van der Waals surface area (Å²) in [5, 5.41) is 9.93. The van der Waals surface area contributed by atoms with Gasteiger partial charge in [-0.1, -0.05) is 6.92 Å². The number of nitrogens with two attached hydrogens (primary N) is 1. The van der Waals surface area contributed by atoms with E-state index in [1.165, 1.54) is 0 Å². The lowest BCUT2D eigenvalue weighted by molar-refractivity contribution is 0.0351. The molecule has 1 saturated heterocycles. The molecule has 1 aromatic heterocycles. The molecule has 4 nitrogen and oxygen atoms in total. The van der Waals surface area contributed by atoms with E-state index in [2.05, 4.69) is 22.9 Å². The van der Waals surface area contributed by atoms with Crippen molar-refractivity contribution in [3.05, 3.63) is 24.0 Å². The van der Waals surface area contributed by atoms with Gasteiger partial charge in [-0.2, -0.15) is 0 Å². The maximum Gasteiger partial charge on any atom is 0.0653 e. The summed E-state index contributed by atoms with van der Waals surface area (Å²) < 4.78 is 0. The fourth-order valence-electron chi connectivity index (χ4n) is 2.26.